The van der Waals surface area contributed by atoms with Crippen LogP contribution < -0.4 is 5.32 Å². The third kappa shape index (κ3) is 3.99. The first-order chi connectivity index (χ1) is 8.04. The molecule has 0 aliphatic rings. The number of ether oxygens (including phenoxy) is 1. The van der Waals surface area contributed by atoms with E-state index in [0.717, 1.165) is 12.1 Å². The Hall–Kier alpha value is -1.69. The normalized spacial score (nSPS) is 12.2. The molecule has 0 radical (unpaired) electrons. The summed E-state index contributed by atoms with van der Waals surface area (Å²) >= 11 is 0. The molecule has 94 valence electrons. The summed E-state index contributed by atoms with van der Waals surface area (Å²) in [6.07, 6.45) is 0. The summed E-state index contributed by atoms with van der Waals surface area (Å²) in [5, 5.41) is 13.4. The number of benzene rings is 1. The summed E-state index contributed by atoms with van der Waals surface area (Å²) in [5.41, 5.74) is -0.0201. The topological polar surface area (TPSA) is 64.4 Å². The van der Waals surface area contributed by atoms with Gasteiger partial charge in [-0.2, -0.15) is 4.39 Å². The van der Waals surface area contributed by atoms with Crippen molar-refractivity contribution in [2.75, 3.05) is 18.5 Å². The highest BCUT2D eigenvalue weighted by Gasteiger charge is 2.14. The van der Waals surface area contributed by atoms with Gasteiger partial charge in [0.05, 0.1) is 11.5 Å². The largest absolute Gasteiger partial charge is 0.380 e. The van der Waals surface area contributed by atoms with Crippen LogP contribution >= 0.6 is 0 Å². The molecule has 1 aromatic carbocycles. The smallest absolute Gasteiger partial charge is 0.304 e. The zero-order valence-corrected chi connectivity index (χ0v) is 9.77. The van der Waals surface area contributed by atoms with Gasteiger partial charge in [0.2, 0.25) is 5.82 Å². The number of nitro groups is 1. The van der Waals surface area contributed by atoms with E-state index < -0.39 is 16.4 Å². The maximum atomic E-state index is 13.3. The van der Waals surface area contributed by atoms with E-state index in [1.807, 2.05) is 13.8 Å². The van der Waals surface area contributed by atoms with Crippen molar-refractivity contribution in [3.8, 4) is 0 Å². The summed E-state index contributed by atoms with van der Waals surface area (Å²) in [7, 11) is 0. The molecule has 1 rings (SSSR count). The number of nitro benzene ring substituents is 1. The Morgan fingerprint density at radius 2 is 2.29 bits per heavy atom. The highest BCUT2D eigenvalue weighted by Crippen LogP contribution is 2.21. The zero-order valence-electron chi connectivity index (χ0n) is 9.77. The van der Waals surface area contributed by atoms with Gasteiger partial charge in [0.25, 0.3) is 0 Å². The van der Waals surface area contributed by atoms with Crippen LogP contribution in [0.5, 0.6) is 0 Å². The molecule has 17 heavy (non-hydrogen) atoms. The van der Waals surface area contributed by atoms with Gasteiger partial charge >= 0.3 is 5.69 Å². The average Bonchev–Trinajstić information content (AvgIpc) is 2.26. The molecule has 6 heteroatoms. The number of halogens is 1. The Labute approximate surface area is 98.7 Å². The van der Waals surface area contributed by atoms with E-state index in [9.17, 15) is 14.5 Å². The highest BCUT2D eigenvalue weighted by molar-refractivity contribution is 5.50. The molecule has 1 N–H and O–H groups in total. The van der Waals surface area contributed by atoms with Crippen molar-refractivity contribution >= 4 is 11.4 Å². The van der Waals surface area contributed by atoms with Crippen LogP contribution in [0, 0.1) is 15.9 Å². The third-order valence-corrected chi connectivity index (χ3v) is 2.13. The summed E-state index contributed by atoms with van der Waals surface area (Å²) in [6.45, 7) is 4.88. The molecular weight excluding hydrogens is 227 g/mol. The Bertz CT molecular complexity index is 398. The molecule has 0 saturated carbocycles. The Morgan fingerprint density at radius 3 is 2.82 bits per heavy atom. The molecule has 0 heterocycles. The van der Waals surface area contributed by atoms with Gasteiger partial charge in [-0.05, 0) is 19.9 Å². The van der Waals surface area contributed by atoms with E-state index in [1.54, 1.807) is 0 Å². The van der Waals surface area contributed by atoms with Gasteiger partial charge in [0.15, 0.2) is 0 Å². The van der Waals surface area contributed by atoms with Crippen molar-refractivity contribution in [1.29, 1.82) is 0 Å². The van der Waals surface area contributed by atoms with E-state index in [-0.39, 0.29) is 6.04 Å². The van der Waals surface area contributed by atoms with Crippen molar-refractivity contribution < 1.29 is 14.1 Å². The maximum absolute atomic E-state index is 13.3. The Balaban J connectivity index is 2.67. The van der Waals surface area contributed by atoms with Crippen LogP contribution in [-0.2, 0) is 4.74 Å². The van der Waals surface area contributed by atoms with Crippen LogP contribution in [0.15, 0.2) is 18.2 Å². The molecule has 0 spiro atoms. The molecule has 0 aromatic heterocycles. The van der Waals surface area contributed by atoms with Crippen molar-refractivity contribution in [2.24, 2.45) is 0 Å². The predicted octanol–water partition coefficient (Wildman–Crippen LogP) is 2.57. The van der Waals surface area contributed by atoms with Crippen LogP contribution in [-0.4, -0.2) is 24.2 Å². The van der Waals surface area contributed by atoms with Crippen molar-refractivity contribution in [3.05, 3.63) is 34.1 Å². The van der Waals surface area contributed by atoms with Crippen LogP contribution in [0.4, 0.5) is 15.8 Å². The minimum Gasteiger partial charge on any atom is -0.380 e. The first-order valence-corrected chi connectivity index (χ1v) is 5.32. The second kappa shape index (κ2) is 6.15. The predicted molar refractivity (Wildman–Crippen MR) is 62.6 cm³/mol. The van der Waals surface area contributed by atoms with Crippen LogP contribution in [0.2, 0.25) is 0 Å². The van der Waals surface area contributed by atoms with E-state index in [4.69, 9.17) is 4.74 Å². The molecule has 0 aliphatic heterocycles. The monoisotopic (exact) mass is 242 g/mol. The number of rotatable bonds is 6. The molecule has 1 aromatic rings. The van der Waals surface area contributed by atoms with Crippen molar-refractivity contribution in [2.45, 2.75) is 19.9 Å². The first kappa shape index (κ1) is 13.4. The highest BCUT2D eigenvalue weighted by atomic mass is 19.1. The number of anilines is 1. The number of nitrogens with one attached hydrogen (secondary N) is 1. The minimum absolute atomic E-state index is 0.0100. The van der Waals surface area contributed by atoms with Crippen LogP contribution in [0.25, 0.3) is 0 Å². The molecule has 0 bridgehead atoms. The van der Waals surface area contributed by atoms with E-state index in [0.29, 0.717) is 18.9 Å². The summed E-state index contributed by atoms with van der Waals surface area (Å²) in [6, 6.07) is 3.74. The molecule has 0 saturated heterocycles. The van der Waals surface area contributed by atoms with Gasteiger partial charge in [-0.25, -0.2) is 0 Å². The Kier molecular flexibility index (Phi) is 4.84. The Morgan fingerprint density at radius 1 is 1.59 bits per heavy atom. The second-order valence-electron chi connectivity index (χ2n) is 3.63. The zero-order chi connectivity index (χ0) is 12.8. The molecule has 1 atom stereocenters. The fraction of sp³-hybridized carbons (Fsp3) is 0.455. The number of hydrogen-bond donors (Lipinski definition) is 1. The van der Waals surface area contributed by atoms with E-state index >= 15 is 0 Å². The van der Waals surface area contributed by atoms with Crippen molar-refractivity contribution in [3.63, 3.8) is 0 Å². The lowest BCUT2D eigenvalue weighted by Gasteiger charge is -2.14. The summed E-state index contributed by atoms with van der Waals surface area (Å²) in [5.74, 6) is -0.844. The van der Waals surface area contributed by atoms with Crippen molar-refractivity contribution in [1.82, 2.24) is 0 Å². The quantitative estimate of drug-likeness (QED) is 0.615. The fourth-order valence-corrected chi connectivity index (χ4v) is 1.37. The van der Waals surface area contributed by atoms with Gasteiger partial charge in [-0.15, -0.1) is 0 Å². The average molecular weight is 242 g/mol. The molecule has 1 unspecified atom stereocenters. The molecule has 0 fully saturated rings. The lowest BCUT2D eigenvalue weighted by atomic mass is 10.2. The third-order valence-electron chi connectivity index (χ3n) is 2.13. The van der Waals surface area contributed by atoms with E-state index in [1.165, 1.54) is 6.07 Å². The second-order valence-corrected chi connectivity index (χ2v) is 3.63. The summed E-state index contributed by atoms with van der Waals surface area (Å²) in [4.78, 5) is 9.67. The lowest BCUT2D eigenvalue weighted by molar-refractivity contribution is -0.387. The SMILES string of the molecule is CCOCC(C)Nc1ccc([N+](=O)[O-])c(F)c1. The summed E-state index contributed by atoms with van der Waals surface area (Å²) < 4.78 is 18.5. The number of nitrogens with zero attached hydrogens (tertiary/aromatic N) is 1. The molecule has 0 aliphatic carbocycles. The molecule has 5 nitrogen and oxygen atoms in total. The molecule has 0 amide bonds. The first-order valence-electron chi connectivity index (χ1n) is 5.32. The van der Waals surface area contributed by atoms with Gasteiger partial charge < -0.3 is 10.1 Å². The number of hydrogen-bond acceptors (Lipinski definition) is 4. The van der Waals surface area contributed by atoms with Gasteiger partial charge in [-0.1, -0.05) is 0 Å². The van der Waals surface area contributed by atoms with Gasteiger partial charge in [0, 0.05) is 30.5 Å². The maximum Gasteiger partial charge on any atom is 0.304 e. The molecular formula is C11H15FN2O3. The van der Waals surface area contributed by atoms with Crippen LogP contribution in [0.1, 0.15) is 13.8 Å². The fourth-order valence-electron chi connectivity index (χ4n) is 1.37. The lowest BCUT2D eigenvalue weighted by Crippen LogP contribution is -2.21. The van der Waals surface area contributed by atoms with Gasteiger partial charge in [0.1, 0.15) is 0 Å². The van der Waals surface area contributed by atoms with Gasteiger partial charge in [-0.3, -0.25) is 10.1 Å². The standard InChI is InChI=1S/C11H15FN2O3/c1-3-17-7-8(2)13-9-4-5-11(14(15)16)10(12)6-9/h4-6,8,13H,3,7H2,1-2H3. The minimum atomic E-state index is -0.844. The van der Waals surface area contributed by atoms with Crippen LogP contribution in [0.3, 0.4) is 0 Å². The van der Waals surface area contributed by atoms with E-state index in [2.05, 4.69) is 5.32 Å².